The van der Waals surface area contributed by atoms with Crippen LogP contribution in [0, 0.1) is 10.1 Å². The van der Waals surface area contributed by atoms with E-state index in [0.717, 1.165) is 24.3 Å². The van der Waals surface area contributed by atoms with Crippen LogP contribution in [0.3, 0.4) is 0 Å². The summed E-state index contributed by atoms with van der Waals surface area (Å²) in [4.78, 5) is 9.74. The monoisotopic (exact) mass is 273 g/mol. The summed E-state index contributed by atoms with van der Waals surface area (Å²) in [7, 11) is -3.91. The molecule has 2 unspecified atom stereocenters. The molecule has 18 heavy (non-hydrogen) atoms. The Morgan fingerprint density at radius 3 is 2.44 bits per heavy atom. The second-order valence-electron chi connectivity index (χ2n) is 3.88. The van der Waals surface area contributed by atoms with Gasteiger partial charge in [0.05, 0.1) is 16.4 Å². The van der Waals surface area contributed by atoms with Crippen molar-refractivity contribution in [2.75, 3.05) is 6.61 Å². The fourth-order valence-electron chi connectivity index (χ4n) is 1.38. The van der Waals surface area contributed by atoms with E-state index in [4.69, 9.17) is 8.92 Å². The third-order valence-corrected chi connectivity index (χ3v) is 3.90. The van der Waals surface area contributed by atoms with Gasteiger partial charge in [-0.3, -0.25) is 14.3 Å². The van der Waals surface area contributed by atoms with Gasteiger partial charge in [0.15, 0.2) is 0 Å². The van der Waals surface area contributed by atoms with Crippen LogP contribution in [0.25, 0.3) is 0 Å². The van der Waals surface area contributed by atoms with E-state index < -0.39 is 21.1 Å². The molecule has 0 saturated carbocycles. The summed E-state index contributed by atoms with van der Waals surface area (Å²) in [5, 5.41) is 10.4. The van der Waals surface area contributed by atoms with E-state index in [0.29, 0.717) is 6.61 Å². The first-order valence-electron chi connectivity index (χ1n) is 5.19. The van der Waals surface area contributed by atoms with E-state index in [1.165, 1.54) is 0 Å². The molecule has 1 aromatic rings. The maximum atomic E-state index is 11.8. The fraction of sp³-hybridized carbons (Fsp3) is 0.400. The minimum atomic E-state index is -3.91. The molecule has 1 saturated heterocycles. The van der Waals surface area contributed by atoms with Crippen LogP contribution in [0.15, 0.2) is 29.2 Å². The minimum Gasteiger partial charge on any atom is -0.370 e. The van der Waals surface area contributed by atoms with Crippen molar-refractivity contribution in [1.29, 1.82) is 0 Å². The van der Waals surface area contributed by atoms with E-state index in [1.807, 2.05) is 0 Å². The van der Waals surface area contributed by atoms with Crippen molar-refractivity contribution in [2.24, 2.45) is 0 Å². The van der Waals surface area contributed by atoms with Crippen molar-refractivity contribution >= 4 is 15.8 Å². The number of ether oxygens (including phenoxy) is 1. The van der Waals surface area contributed by atoms with E-state index in [1.54, 1.807) is 6.92 Å². The van der Waals surface area contributed by atoms with Crippen LogP contribution in [0.4, 0.5) is 5.69 Å². The average molecular weight is 273 g/mol. The number of hydrogen-bond donors (Lipinski definition) is 0. The Kier molecular flexibility index (Phi) is 3.33. The highest BCUT2D eigenvalue weighted by atomic mass is 32.2. The molecule has 1 aliphatic rings. The molecule has 1 aliphatic heterocycles. The molecule has 0 spiro atoms. The van der Waals surface area contributed by atoms with Crippen LogP contribution in [0.5, 0.6) is 0 Å². The van der Waals surface area contributed by atoms with Gasteiger partial charge in [-0.1, -0.05) is 0 Å². The summed E-state index contributed by atoms with van der Waals surface area (Å²) in [6.45, 7) is 2.08. The summed E-state index contributed by atoms with van der Waals surface area (Å²) < 4.78 is 33.5. The van der Waals surface area contributed by atoms with Crippen molar-refractivity contribution in [3.05, 3.63) is 34.4 Å². The van der Waals surface area contributed by atoms with E-state index >= 15 is 0 Å². The average Bonchev–Trinajstić information content (AvgIpc) is 3.12. The van der Waals surface area contributed by atoms with Gasteiger partial charge in [-0.25, -0.2) is 0 Å². The molecule has 7 nitrogen and oxygen atoms in total. The van der Waals surface area contributed by atoms with E-state index in [-0.39, 0.29) is 16.7 Å². The first-order valence-corrected chi connectivity index (χ1v) is 6.60. The van der Waals surface area contributed by atoms with E-state index in [2.05, 4.69) is 0 Å². The van der Waals surface area contributed by atoms with Crippen molar-refractivity contribution in [1.82, 2.24) is 0 Å². The smallest absolute Gasteiger partial charge is 0.297 e. The van der Waals surface area contributed by atoms with Crippen molar-refractivity contribution in [3.8, 4) is 0 Å². The van der Waals surface area contributed by atoms with Gasteiger partial charge in [-0.15, -0.1) is 0 Å². The molecule has 0 bridgehead atoms. The van der Waals surface area contributed by atoms with Crippen LogP contribution >= 0.6 is 0 Å². The predicted octanol–water partition coefficient (Wildman–Crippen LogP) is 1.09. The lowest BCUT2D eigenvalue weighted by atomic mass is 10.3. The Morgan fingerprint density at radius 1 is 1.44 bits per heavy atom. The van der Waals surface area contributed by atoms with Gasteiger partial charge in [0.25, 0.3) is 15.8 Å². The second-order valence-corrected chi connectivity index (χ2v) is 5.45. The summed E-state index contributed by atoms with van der Waals surface area (Å²) >= 11 is 0. The van der Waals surface area contributed by atoms with Gasteiger partial charge in [-0.2, -0.15) is 8.42 Å². The number of non-ortho nitro benzene ring substituents is 1. The number of rotatable bonds is 5. The molecule has 0 amide bonds. The SMILES string of the molecule is CC(OS(=O)(=O)c1ccc([N+](=O)[O-])cc1)C1CO1. The molecule has 1 fully saturated rings. The number of benzene rings is 1. The number of nitro groups is 1. The molecule has 98 valence electrons. The third-order valence-electron chi connectivity index (χ3n) is 2.50. The summed E-state index contributed by atoms with van der Waals surface area (Å²) in [6, 6.07) is 4.53. The fourth-order valence-corrected chi connectivity index (χ4v) is 2.48. The molecule has 1 heterocycles. The zero-order valence-corrected chi connectivity index (χ0v) is 10.3. The quantitative estimate of drug-likeness (QED) is 0.344. The van der Waals surface area contributed by atoms with Crippen LogP contribution in [0.2, 0.25) is 0 Å². The van der Waals surface area contributed by atoms with Crippen molar-refractivity contribution < 1.29 is 22.3 Å². The summed E-state index contributed by atoms with van der Waals surface area (Å²) in [5.41, 5.74) is -0.174. The molecular formula is C10H11NO6S. The van der Waals surface area contributed by atoms with Crippen LogP contribution < -0.4 is 0 Å². The standard InChI is InChI=1S/C10H11NO6S/c1-7(10-6-16-10)17-18(14,15)9-4-2-8(3-5-9)11(12)13/h2-5,7,10H,6H2,1H3. The molecule has 0 aliphatic carbocycles. The highest BCUT2D eigenvalue weighted by molar-refractivity contribution is 7.86. The van der Waals surface area contributed by atoms with E-state index in [9.17, 15) is 18.5 Å². The molecule has 1 aromatic carbocycles. The Bertz CT molecular complexity index is 548. The molecular weight excluding hydrogens is 262 g/mol. The van der Waals surface area contributed by atoms with Gasteiger partial charge >= 0.3 is 0 Å². The summed E-state index contributed by atoms with van der Waals surface area (Å²) in [5.74, 6) is 0. The Labute approximate surface area is 104 Å². The first kappa shape index (κ1) is 12.9. The number of nitrogens with zero attached hydrogens (tertiary/aromatic N) is 1. The van der Waals surface area contributed by atoms with Gasteiger partial charge in [0, 0.05) is 12.1 Å². The lowest BCUT2D eigenvalue weighted by Gasteiger charge is -2.10. The second kappa shape index (κ2) is 4.63. The molecule has 0 N–H and O–H groups in total. The normalized spacial score (nSPS) is 20.4. The van der Waals surface area contributed by atoms with Gasteiger partial charge in [0.1, 0.15) is 12.2 Å². The van der Waals surface area contributed by atoms with Crippen molar-refractivity contribution in [2.45, 2.75) is 24.0 Å². The Hall–Kier alpha value is -1.51. The van der Waals surface area contributed by atoms with Gasteiger partial charge in [0.2, 0.25) is 0 Å². The Balaban J connectivity index is 2.15. The zero-order valence-electron chi connectivity index (χ0n) is 9.48. The number of hydrogen-bond acceptors (Lipinski definition) is 6. The third kappa shape index (κ3) is 2.84. The maximum absolute atomic E-state index is 11.8. The molecule has 2 atom stereocenters. The molecule has 2 rings (SSSR count). The zero-order chi connectivity index (χ0) is 13.3. The van der Waals surface area contributed by atoms with Crippen molar-refractivity contribution in [3.63, 3.8) is 0 Å². The van der Waals surface area contributed by atoms with Crippen LogP contribution in [0.1, 0.15) is 6.92 Å². The highest BCUT2D eigenvalue weighted by Gasteiger charge is 2.34. The highest BCUT2D eigenvalue weighted by Crippen LogP contribution is 2.23. The largest absolute Gasteiger partial charge is 0.370 e. The van der Waals surface area contributed by atoms with Gasteiger partial charge in [-0.05, 0) is 19.1 Å². The molecule has 0 radical (unpaired) electrons. The number of nitro benzene ring substituents is 1. The maximum Gasteiger partial charge on any atom is 0.297 e. The summed E-state index contributed by atoms with van der Waals surface area (Å²) in [6.07, 6.45) is -0.761. The lowest BCUT2D eigenvalue weighted by molar-refractivity contribution is -0.384. The Morgan fingerprint density at radius 2 is 2.00 bits per heavy atom. The number of epoxide rings is 1. The topological polar surface area (TPSA) is 99.0 Å². The minimum absolute atomic E-state index is 0.111. The predicted molar refractivity (Wildman–Crippen MR) is 60.6 cm³/mol. The molecule has 0 aromatic heterocycles. The molecule has 8 heteroatoms. The van der Waals surface area contributed by atoms with Gasteiger partial charge < -0.3 is 4.74 Å². The van der Waals surface area contributed by atoms with Crippen LogP contribution in [-0.4, -0.2) is 32.2 Å². The first-order chi connectivity index (χ1) is 8.40. The lowest BCUT2D eigenvalue weighted by Crippen LogP contribution is -2.20. The van der Waals surface area contributed by atoms with Crippen LogP contribution in [-0.2, 0) is 19.0 Å².